The minimum Gasteiger partial charge on any atom is -0.484 e. The third-order valence-electron chi connectivity index (χ3n) is 4.20. The number of benzene rings is 2. The average molecular weight is 389 g/mol. The zero-order chi connectivity index (χ0) is 19.8. The van der Waals surface area contributed by atoms with Crippen molar-refractivity contribution >= 4 is 23.4 Å². The van der Waals surface area contributed by atoms with Gasteiger partial charge in [0.05, 0.1) is 0 Å². The highest BCUT2D eigenvalue weighted by Gasteiger charge is 2.26. The predicted octanol–water partition coefficient (Wildman–Crippen LogP) is 3.58. The van der Waals surface area contributed by atoms with Crippen molar-refractivity contribution in [1.29, 1.82) is 0 Å². The van der Waals surface area contributed by atoms with E-state index in [1.165, 1.54) is 4.90 Å². The Kier molecular flexibility index (Phi) is 7.67. The summed E-state index contributed by atoms with van der Waals surface area (Å²) >= 11 is 6.24. The fourth-order valence-corrected chi connectivity index (χ4v) is 2.77. The van der Waals surface area contributed by atoms with Crippen molar-refractivity contribution in [2.45, 2.75) is 33.4 Å². The van der Waals surface area contributed by atoms with E-state index in [1.54, 1.807) is 13.0 Å². The van der Waals surface area contributed by atoms with E-state index in [4.69, 9.17) is 16.3 Å². The SMILES string of the molecule is CCNC(=O)C(C)N(Cc1ccccc1Cl)C(=O)COc1ccc(C)cc1. The van der Waals surface area contributed by atoms with Crippen molar-refractivity contribution in [1.82, 2.24) is 10.2 Å². The van der Waals surface area contributed by atoms with Gasteiger partial charge in [-0.15, -0.1) is 0 Å². The van der Waals surface area contributed by atoms with Gasteiger partial charge in [0.1, 0.15) is 11.8 Å². The molecule has 1 unspecified atom stereocenters. The number of aryl methyl sites for hydroxylation is 1. The third-order valence-corrected chi connectivity index (χ3v) is 4.57. The molecule has 2 amide bonds. The highest BCUT2D eigenvalue weighted by Crippen LogP contribution is 2.19. The smallest absolute Gasteiger partial charge is 0.261 e. The monoisotopic (exact) mass is 388 g/mol. The Morgan fingerprint density at radius 1 is 1.15 bits per heavy atom. The molecule has 0 radical (unpaired) electrons. The predicted molar refractivity (Wildman–Crippen MR) is 107 cm³/mol. The van der Waals surface area contributed by atoms with Gasteiger partial charge < -0.3 is 15.0 Å². The first-order chi connectivity index (χ1) is 12.9. The molecule has 0 saturated carbocycles. The molecule has 27 heavy (non-hydrogen) atoms. The summed E-state index contributed by atoms with van der Waals surface area (Å²) in [5, 5.41) is 3.31. The molecule has 0 fully saturated rings. The first kappa shape index (κ1) is 20.8. The molecule has 2 aromatic carbocycles. The minimum atomic E-state index is -0.643. The number of carbonyl (C=O) groups excluding carboxylic acids is 2. The molecule has 0 heterocycles. The number of ether oxygens (including phenoxy) is 1. The van der Waals surface area contributed by atoms with Crippen LogP contribution in [0.25, 0.3) is 0 Å². The van der Waals surface area contributed by atoms with Crippen molar-refractivity contribution in [3.8, 4) is 5.75 Å². The van der Waals surface area contributed by atoms with E-state index in [1.807, 2.05) is 56.3 Å². The molecular weight excluding hydrogens is 364 g/mol. The van der Waals surface area contributed by atoms with Crippen LogP contribution in [0.4, 0.5) is 0 Å². The largest absolute Gasteiger partial charge is 0.484 e. The topological polar surface area (TPSA) is 58.6 Å². The summed E-state index contributed by atoms with van der Waals surface area (Å²) in [4.78, 5) is 26.6. The van der Waals surface area contributed by atoms with Crippen LogP contribution in [0.3, 0.4) is 0 Å². The first-order valence-corrected chi connectivity index (χ1v) is 9.30. The van der Waals surface area contributed by atoms with Gasteiger partial charge in [-0.2, -0.15) is 0 Å². The van der Waals surface area contributed by atoms with E-state index in [2.05, 4.69) is 5.32 Å². The van der Waals surface area contributed by atoms with Crippen molar-refractivity contribution in [2.75, 3.05) is 13.2 Å². The maximum atomic E-state index is 12.8. The van der Waals surface area contributed by atoms with Crippen LogP contribution < -0.4 is 10.1 Å². The molecule has 144 valence electrons. The van der Waals surface area contributed by atoms with Gasteiger partial charge in [0, 0.05) is 18.1 Å². The van der Waals surface area contributed by atoms with Crippen LogP contribution in [0.1, 0.15) is 25.0 Å². The molecule has 2 rings (SSSR count). The molecule has 0 aliphatic rings. The Bertz CT molecular complexity index is 777. The van der Waals surface area contributed by atoms with Crippen molar-refractivity contribution < 1.29 is 14.3 Å². The van der Waals surface area contributed by atoms with Crippen LogP contribution >= 0.6 is 11.6 Å². The van der Waals surface area contributed by atoms with Gasteiger partial charge in [-0.25, -0.2) is 0 Å². The van der Waals surface area contributed by atoms with Crippen LogP contribution in [0.2, 0.25) is 5.02 Å². The van der Waals surface area contributed by atoms with E-state index < -0.39 is 6.04 Å². The Hall–Kier alpha value is -2.53. The van der Waals surface area contributed by atoms with Gasteiger partial charge in [-0.3, -0.25) is 9.59 Å². The molecule has 0 aliphatic carbocycles. The fraction of sp³-hybridized carbons (Fsp3) is 0.333. The van der Waals surface area contributed by atoms with Crippen molar-refractivity contribution in [3.05, 3.63) is 64.7 Å². The second-order valence-corrected chi connectivity index (χ2v) is 6.69. The number of likely N-dealkylation sites (N-methyl/N-ethyl adjacent to an activating group) is 1. The third kappa shape index (κ3) is 6.00. The molecule has 2 aromatic rings. The highest BCUT2D eigenvalue weighted by atomic mass is 35.5. The Labute approximate surface area is 165 Å². The number of nitrogens with zero attached hydrogens (tertiary/aromatic N) is 1. The van der Waals surface area contributed by atoms with Gasteiger partial charge >= 0.3 is 0 Å². The molecule has 0 saturated heterocycles. The number of hydrogen-bond acceptors (Lipinski definition) is 3. The lowest BCUT2D eigenvalue weighted by Crippen LogP contribution is -2.49. The molecule has 0 spiro atoms. The lowest BCUT2D eigenvalue weighted by atomic mass is 10.1. The summed E-state index contributed by atoms with van der Waals surface area (Å²) in [6.45, 7) is 6.09. The molecule has 5 nitrogen and oxygen atoms in total. The number of amides is 2. The zero-order valence-corrected chi connectivity index (χ0v) is 16.6. The van der Waals surface area contributed by atoms with E-state index >= 15 is 0 Å². The second kappa shape index (κ2) is 9.97. The van der Waals surface area contributed by atoms with Crippen LogP contribution in [0, 0.1) is 6.92 Å². The fourth-order valence-electron chi connectivity index (χ4n) is 2.58. The minimum absolute atomic E-state index is 0.155. The standard InChI is InChI=1S/C21H25ClN2O3/c1-4-23-21(26)16(3)24(13-17-7-5-6-8-19(17)22)20(25)14-27-18-11-9-15(2)10-12-18/h5-12,16H,4,13-14H2,1-3H3,(H,23,26). The molecular formula is C21H25ClN2O3. The molecule has 1 N–H and O–H groups in total. The normalized spacial score (nSPS) is 11.6. The molecule has 1 atom stereocenters. The number of rotatable bonds is 8. The van der Waals surface area contributed by atoms with Crippen LogP contribution in [0.5, 0.6) is 5.75 Å². The molecule has 0 aromatic heterocycles. The van der Waals surface area contributed by atoms with Crippen LogP contribution in [-0.2, 0) is 16.1 Å². The van der Waals surface area contributed by atoms with E-state index in [9.17, 15) is 9.59 Å². The summed E-state index contributed by atoms with van der Waals surface area (Å²) in [5.74, 6) is 0.111. The average Bonchev–Trinajstić information content (AvgIpc) is 2.66. The Morgan fingerprint density at radius 2 is 1.81 bits per heavy atom. The number of carbonyl (C=O) groups is 2. The number of nitrogens with one attached hydrogen (secondary N) is 1. The van der Waals surface area contributed by atoms with Gasteiger partial charge in [-0.1, -0.05) is 47.5 Å². The van der Waals surface area contributed by atoms with Gasteiger partial charge in [0.2, 0.25) is 5.91 Å². The molecule has 0 aliphatic heterocycles. The van der Waals surface area contributed by atoms with Crippen molar-refractivity contribution in [3.63, 3.8) is 0 Å². The zero-order valence-electron chi connectivity index (χ0n) is 15.9. The highest BCUT2D eigenvalue weighted by molar-refractivity contribution is 6.31. The maximum absolute atomic E-state index is 12.8. The quantitative estimate of drug-likeness (QED) is 0.751. The second-order valence-electron chi connectivity index (χ2n) is 6.29. The Morgan fingerprint density at radius 3 is 2.44 bits per heavy atom. The lowest BCUT2D eigenvalue weighted by Gasteiger charge is -2.29. The van der Waals surface area contributed by atoms with Gasteiger partial charge in [0.15, 0.2) is 6.61 Å². The summed E-state index contributed by atoms with van der Waals surface area (Å²) < 4.78 is 5.61. The van der Waals surface area contributed by atoms with Gasteiger partial charge in [0.25, 0.3) is 5.91 Å². The molecule has 6 heteroatoms. The summed E-state index contributed by atoms with van der Waals surface area (Å²) in [7, 11) is 0. The van der Waals surface area contributed by atoms with E-state index in [0.717, 1.165) is 11.1 Å². The van der Waals surface area contributed by atoms with Crippen molar-refractivity contribution in [2.24, 2.45) is 0 Å². The van der Waals surface area contributed by atoms with Crippen LogP contribution in [-0.4, -0.2) is 35.9 Å². The summed E-state index contributed by atoms with van der Waals surface area (Å²) in [6.07, 6.45) is 0. The van der Waals surface area contributed by atoms with E-state index in [-0.39, 0.29) is 25.0 Å². The first-order valence-electron chi connectivity index (χ1n) is 8.92. The summed E-state index contributed by atoms with van der Waals surface area (Å²) in [5.41, 5.74) is 1.89. The number of hydrogen-bond donors (Lipinski definition) is 1. The lowest BCUT2D eigenvalue weighted by molar-refractivity contribution is -0.142. The van der Waals surface area contributed by atoms with Gasteiger partial charge in [-0.05, 0) is 44.5 Å². The summed E-state index contributed by atoms with van der Waals surface area (Å²) in [6, 6.07) is 14.1. The molecule has 0 bridgehead atoms. The Balaban J connectivity index is 2.14. The van der Waals surface area contributed by atoms with Crippen LogP contribution in [0.15, 0.2) is 48.5 Å². The number of halogens is 1. The maximum Gasteiger partial charge on any atom is 0.261 e. The van der Waals surface area contributed by atoms with E-state index in [0.29, 0.717) is 17.3 Å².